The van der Waals surface area contributed by atoms with E-state index in [4.69, 9.17) is 5.26 Å². The van der Waals surface area contributed by atoms with Crippen LogP contribution in [0.1, 0.15) is 17.4 Å². The minimum absolute atomic E-state index is 0.834. The SMILES string of the molecule is CCc1cc(C#N)sc1N1CCNCC1. The van der Waals surface area contributed by atoms with Crippen molar-refractivity contribution in [3.8, 4) is 6.07 Å². The molecule has 15 heavy (non-hydrogen) atoms. The standard InChI is InChI=1S/C11H15N3S/c1-2-9-7-10(8-12)15-11(9)14-5-3-13-4-6-14/h7,13H,2-6H2,1H3. The maximum Gasteiger partial charge on any atom is 0.110 e. The number of nitrogens with one attached hydrogen (secondary N) is 1. The minimum atomic E-state index is 0.834. The van der Waals surface area contributed by atoms with Crippen LogP contribution in [0.4, 0.5) is 5.00 Å². The van der Waals surface area contributed by atoms with Crippen LogP contribution in [0.2, 0.25) is 0 Å². The largest absolute Gasteiger partial charge is 0.361 e. The van der Waals surface area contributed by atoms with Crippen LogP contribution >= 0.6 is 11.3 Å². The fourth-order valence-electron chi connectivity index (χ4n) is 1.86. The number of hydrogen-bond donors (Lipinski definition) is 1. The number of anilines is 1. The molecular weight excluding hydrogens is 206 g/mol. The molecule has 0 bridgehead atoms. The van der Waals surface area contributed by atoms with Crippen molar-refractivity contribution in [2.24, 2.45) is 0 Å². The first kappa shape index (κ1) is 10.5. The molecule has 2 heterocycles. The Morgan fingerprint density at radius 1 is 1.53 bits per heavy atom. The number of rotatable bonds is 2. The zero-order valence-electron chi connectivity index (χ0n) is 8.92. The van der Waals surface area contributed by atoms with E-state index >= 15 is 0 Å². The second-order valence-corrected chi connectivity index (χ2v) is 4.67. The van der Waals surface area contributed by atoms with Crippen LogP contribution in [0.25, 0.3) is 0 Å². The summed E-state index contributed by atoms with van der Waals surface area (Å²) in [6.45, 7) is 6.34. The highest BCUT2D eigenvalue weighted by atomic mass is 32.1. The minimum Gasteiger partial charge on any atom is -0.361 e. The van der Waals surface area contributed by atoms with Gasteiger partial charge in [0.15, 0.2) is 0 Å². The topological polar surface area (TPSA) is 39.1 Å². The van der Waals surface area contributed by atoms with Gasteiger partial charge in [-0.05, 0) is 18.1 Å². The molecule has 1 aliphatic rings. The molecule has 0 atom stereocenters. The van der Waals surface area contributed by atoms with Crippen LogP contribution in [-0.2, 0) is 6.42 Å². The van der Waals surface area contributed by atoms with Crippen molar-refractivity contribution in [1.29, 1.82) is 5.26 Å². The maximum absolute atomic E-state index is 8.90. The van der Waals surface area contributed by atoms with Gasteiger partial charge < -0.3 is 10.2 Å². The molecule has 1 aromatic rings. The zero-order valence-corrected chi connectivity index (χ0v) is 9.73. The van der Waals surface area contributed by atoms with Crippen LogP contribution in [0.15, 0.2) is 6.07 Å². The van der Waals surface area contributed by atoms with E-state index in [1.807, 2.05) is 6.07 Å². The van der Waals surface area contributed by atoms with Gasteiger partial charge in [-0.15, -0.1) is 11.3 Å². The second kappa shape index (κ2) is 4.65. The fraction of sp³-hybridized carbons (Fsp3) is 0.545. The summed E-state index contributed by atoms with van der Waals surface area (Å²) in [6.07, 6.45) is 1.01. The third-order valence-electron chi connectivity index (χ3n) is 2.68. The highest BCUT2D eigenvalue weighted by Crippen LogP contribution is 2.31. The monoisotopic (exact) mass is 221 g/mol. The van der Waals surface area contributed by atoms with Crippen molar-refractivity contribution in [3.63, 3.8) is 0 Å². The van der Waals surface area contributed by atoms with E-state index in [1.165, 1.54) is 10.6 Å². The van der Waals surface area contributed by atoms with Gasteiger partial charge in [-0.3, -0.25) is 0 Å². The lowest BCUT2D eigenvalue weighted by Crippen LogP contribution is -2.43. The third-order valence-corrected chi connectivity index (χ3v) is 3.82. The number of nitriles is 1. The first-order chi connectivity index (χ1) is 7.35. The number of thiophene rings is 1. The Morgan fingerprint density at radius 3 is 2.87 bits per heavy atom. The van der Waals surface area contributed by atoms with Gasteiger partial charge in [0.05, 0.1) is 5.00 Å². The summed E-state index contributed by atoms with van der Waals surface area (Å²) < 4.78 is 0. The van der Waals surface area contributed by atoms with Gasteiger partial charge in [0.25, 0.3) is 0 Å². The second-order valence-electron chi connectivity index (χ2n) is 3.64. The molecular formula is C11H15N3S. The van der Waals surface area contributed by atoms with E-state index in [2.05, 4.69) is 23.2 Å². The predicted octanol–water partition coefficient (Wildman–Crippen LogP) is 1.59. The lowest BCUT2D eigenvalue weighted by molar-refractivity contribution is 0.591. The molecule has 0 aliphatic carbocycles. The number of nitrogens with zero attached hydrogens (tertiary/aromatic N) is 2. The Bertz CT molecular complexity index is 372. The summed E-state index contributed by atoms with van der Waals surface area (Å²) in [6, 6.07) is 4.27. The molecule has 3 nitrogen and oxygen atoms in total. The number of piperazine rings is 1. The molecule has 0 amide bonds. The summed E-state index contributed by atoms with van der Waals surface area (Å²) in [4.78, 5) is 3.22. The quantitative estimate of drug-likeness (QED) is 0.824. The van der Waals surface area contributed by atoms with Crippen molar-refractivity contribution < 1.29 is 0 Å². The first-order valence-corrected chi connectivity index (χ1v) is 6.15. The van der Waals surface area contributed by atoms with Crippen molar-refractivity contribution in [3.05, 3.63) is 16.5 Å². The molecule has 1 saturated heterocycles. The Morgan fingerprint density at radius 2 is 2.27 bits per heavy atom. The maximum atomic E-state index is 8.90. The molecule has 2 rings (SSSR count). The summed E-state index contributed by atoms with van der Waals surface area (Å²) in [5, 5.41) is 13.5. The van der Waals surface area contributed by atoms with Gasteiger partial charge in [0.1, 0.15) is 10.9 Å². The van der Waals surface area contributed by atoms with E-state index in [9.17, 15) is 0 Å². The molecule has 1 N–H and O–H groups in total. The number of hydrogen-bond acceptors (Lipinski definition) is 4. The molecule has 1 aliphatic heterocycles. The normalized spacial score (nSPS) is 16.4. The van der Waals surface area contributed by atoms with Gasteiger partial charge in [-0.2, -0.15) is 5.26 Å². The molecule has 4 heteroatoms. The van der Waals surface area contributed by atoms with Crippen LogP contribution in [0, 0.1) is 11.3 Å². The summed E-state index contributed by atoms with van der Waals surface area (Å²) >= 11 is 1.63. The zero-order chi connectivity index (χ0) is 10.7. The summed E-state index contributed by atoms with van der Waals surface area (Å²) in [5.41, 5.74) is 1.32. The summed E-state index contributed by atoms with van der Waals surface area (Å²) in [5.74, 6) is 0. The molecule has 1 aromatic heterocycles. The van der Waals surface area contributed by atoms with Crippen molar-refractivity contribution in [2.45, 2.75) is 13.3 Å². The van der Waals surface area contributed by atoms with E-state index in [1.54, 1.807) is 11.3 Å². The average Bonchev–Trinajstić information content (AvgIpc) is 2.73. The van der Waals surface area contributed by atoms with E-state index in [-0.39, 0.29) is 0 Å². The Labute approximate surface area is 94.3 Å². The van der Waals surface area contributed by atoms with Gasteiger partial charge in [0.2, 0.25) is 0 Å². The van der Waals surface area contributed by atoms with E-state index in [0.717, 1.165) is 37.5 Å². The molecule has 80 valence electrons. The van der Waals surface area contributed by atoms with Crippen LogP contribution in [0.3, 0.4) is 0 Å². The van der Waals surface area contributed by atoms with Gasteiger partial charge in [-0.25, -0.2) is 0 Å². The first-order valence-electron chi connectivity index (χ1n) is 5.33. The molecule has 0 saturated carbocycles. The molecule has 0 radical (unpaired) electrons. The smallest absolute Gasteiger partial charge is 0.110 e. The lowest BCUT2D eigenvalue weighted by atomic mass is 10.2. The predicted molar refractivity (Wildman–Crippen MR) is 63.5 cm³/mol. The highest BCUT2D eigenvalue weighted by molar-refractivity contribution is 7.16. The summed E-state index contributed by atoms with van der Waals surface area (Å²) in [7, 11) is 0. The Balaban J connectivity index is 2.25. The fourth-order valence-corrected chi connectivity index (χ4v) is 2.96. The Hall–Kier alpha value is -1.05. The van der Waals surface area contributed by atoms with Gasteiger partial charge in [-0.1, -0.05) is 6.92 Å². The van der Waals surface area contributed by atoms with Crippen LogP contribution in [-0.4, -0.2) is 26.2 Å². The van der Waals surface area contributed by atoms with Crippen LogP contribution in [0.5, 0.6) is 0 Å². The highest BCUT2D eigenvalue weighted by Gasteiger charge is 2.16. The van der Waals surface area contributed by atoms with Gasteiger partial charge in [0, 0.05) is 26.2 Å². The third kappa shape index (κ3) is 2.14. The van der Waals surface area contributed by atoms with Crippen molar-refractivity contribution in [1.82, 2.24) is 5.32 Å². The van der Waals surface area contributed by atoms with E-state index < -0.39 is 0 Å². The molecule has 0 aromatic carbocycles. The lowest BCUT2D eigenvalue weighted by Gasteiger charge is -2.29. The Kier molecular flexibility index (Phi) is 3.24. The average molecular weight is 221 g/mol. The van der Waals surface area contributed by atoms with Crippen molar-refractivity contribution >= 4 is 16.3 Å². The molecule has 0 unspecified atom stereocenters. The molecule has 1 fully saturated rings. The van der Waals surface area contributed by atoms with E-state index in [0.29, 0.717) is 0 Å². The van der Waals surface area contributed by atoms with Crippen LogP contribution < -0.4 is 10.2 Å². The number of aryl methyl sites for hydroxylation is 1. The van der Waals surface area contributed by atoms with Crippen molar-refractivity contribution in [2.75, 3.05) is 31.1 Å². The molecule has 0 spiro atoms. The van der Waals surface area contributed by atoms with Gasteiger partial charge >= 0.3 is 0 Å².